The van der Waals surface area contributed by atoms with Crippen molar-refractivity contribution >= 4 is 22.7 Å². The van der Waals surface area contributed by atoms with Gasteiger partial charge >= 0.3 is 0 Å². The van der Waals surface area contributed by atoms with Crippen molar-refractivity contribution in [1.29, 1.82) is 0 Å². The van der Waals surface area contributed by atoms with Gasteiger partial charge in [0.05, 0.1) is 11.3 Å². The first kappa shape index (κ1) is 12.2. The van der Waals surface area contributed by atoms with Crippen LogP contribution in [0.25, 0.3) is 22.7 Å². The Balaban J connectivity index is 1.89. The van der Waals surface area contributed by atoms with Crippen LogP contribution in [0.15, 0.2) is 54.6 Å². The fourth-order valence-electron chi connectivity index (χ4n) is 2.81. The van der Waals surface area contributed by atoms with Crippen molar-refractivity contribution in [2.75, 3.05) is 7.11 Å². The predicted molar refractivity (Wildman–Crippen MR) is 83.4 cm³/mol. The number of H-pyrrole nitrogens is 1. The average Bonchev–Trinajstić information content (AvgIpc) is 3.06. The first-order chi connectivity index (χ1) is 10.4. The number of ether oxygens (including phenoxy) is 2. The van der Waals surface area contributed by atoms with Gasteiger partial charge in [-0.15, -0.1) is 0 Å². The Bertz CT molecular complexity index is 818. The smallest absolute Gasteiger partial charge is 0.229 e. The van der Waals surface area contributed by atoms with Crippen molar-refractivity contribution in [2.45, 2.75) is 6.29 Å². The van der Waals surface area contributed by atoms with Crippen molar-refractivity contribution in [3.63, 3.8) is 0 Å². The van der Waals surface area contributed by atoms with Crippen LogP contribution in [0.1, 0.15) is 23.1 Å². The number of methoxy groups -OCH3 is 1. The zero-order valence-electron chi connectivity index (χ0n) is 11.7. The maximum absolute atomic E-state index is 5.94. The third-order valence-corrected chi connectivity index (χ3v) is 3.77. The van der Waals surface area contributed by atoms with Gasteiger partial charge in [-0.1, -0.05) is 48.5 Å². The van der Waals surface area contributed by atoms with Crippen LogP contribution in [0.4, 0.5) is 0 Å². The summed E-state index contributed by atoms with van der Waals surface area (Å²) < 4.78 is 11.4. The quantitative estimate of drug-likeness (QED) is 0.756. The Morgan fingerprint density at radius 1 is 1.05 bits per heavy atom. The van der Waals surface area contributed by atoms with E-state index in [1.807, 2.05) is 36.4 Å². The first-order valence-electron chi connectivity index (χ1n) is 6.94. The predicted octanol–water partition coefficient (Wildman–Crippen LogP) is 4.34. The highest BCUT2D eigenvalue weighted by atomic mass is 16.7. The van der Waals surface area contributed by atoms with Gasteiger partial charge < -0.3 is 14.5 Å². The number of nitrogens with one attached hydrogen (secondary N) is 1. The fourth-order valence-corrected chi connectivity index (χ4v) is 2.81. The van der Waals surface area contributed by atoms with E-state index >= 15 is 0 Å². The lowest BCUT2D eigenvalue weighted by atomic mass is 10.1. The van der Waals surface area contributed by atoms with E-state index < -0.39 is 0 Å². The van der Waals surface area contributed by atoms with Gasteiger partial charge in [0, 0.05) is 18.0 Å². The second kappa shape index (κ2) is 4.79. The van der Waals surface area contributed by atoms with Crippen molar-refractivity contribution in [2.24, 2.45) is 0 Å². The number of benzene rings is 2. The molecule has 0 fully saturated rings. The highest BCUT2D eigenvalue weighted by Crippen LogP contribution is 2.43. The lowest BCUT2D eigenvalue weighted by Crippen LogP contribution is -1.97. The molecule has 4 rings (SSSR count). The van der Waals surface area contributed by atoms with Crippen LogP contribution >= 0.6 is 0 Å². The molecule has 3 nitrogen and oxygen atoms in total. The molecule has 0 bridgehead atoms. The van der Waals surface area contributed by atoms with Gasteiger partial charge in [-0.25, -0.2) is 0 Å². The molecule has 3 aromatic rings. The minimum atomic E-state index is -0.355. The number of aromatic amines is 1. The summed E-state index contributed by atoms with van der Waals surface area (Å²) >= 11 is 0. The molecule has 0 spiro atoms. The zero-order chi connectivity index (χ0) is 14.2. The van der Waals surface area contributed by atoms with Crippen LogP contribution in [0, 0.1) is 0 Å². The molecule has 1 aliphatic rings. The van der Waals surface area contributed by atoms with E-state index in [4.69, 9.17) is 9.47 Å². The Morgan fingerprint density at radius 2 is 1.81 bits per heavy atom. The summed E-state index contributed by atoms with van der Waals surface area (Å²) in [7, 11) is 1.67. The molecule has 1 aromatic heterocycles. The topological polar surface area (TPSA) is 34.2 Å². The molecule has 3 heteroatoms. The Kier molecular flexibility index (Phi) is 2.79. The van der Waals surface area contributed by atoms with Crippen LogP contribution in [0.2, 0.25) is 0 Å². The minimum Gasteiger partial charge on any atom is -0.458 e. The van der Waals surface area contributed by atoms with Gasteiger partial charge in [-0.05, 0) is 17.7 Å². The van der Waals surface area contributed by atoms with Crippen molar-refractivity contribution in [1.82, 2.24) is 4.98 Å². The normalized spacial score (nSPS) is 18.9. The lowest BCUT2D eigenvalue weighted by molar-refractivity contribution is -0.0635. The molecule has 0 saturated heterocycles. The highest BCUT2D eigenvalue weighted by molar-refractivity contribution is 5.93. The number of hydrogen-bond acceptors (Lipinski definition) is 2. The Morgan fingerprint density at radius 3 is 2.62 bits per heavy atom. The van der Waals surface area contributed by atoms with E-state index in [2.05, 4.69) is 29.2 Å². The molecule has 0 amide bonds. The molecule has 0 aliphatic carbocycles. The SMILES string of the molecule is COC1O/C(=C\c2ccccc2)c2[nH]c3ccccc3c21. The van der Waals surface area contributed by atoms with Crippen LogP contribution in [-0.4, -0.2) is 12.1 Å². The third kappa shape index (κ3) is 1.94. The third-order valence-electron chi connectivity index (χ3n) is 3.77. The summed E-state index contributed by atoms with van der Waals surface area (Å²) in [6.45, 7) is 0. The summed E-state index contributed by atoms with van der Waals surface area (Å²) in [5, 5.41) is 1.15. The fraction of sp³-hybridized carbons (Fsp3) is 0.111. The zero-order valence-corrected chi connectivity index (χ0v) is 11.7. The second-order valence-electron chi connectivity index (χ2n) is 5.06. The summed E-state index contributed by atoms with van der Waals surface area (Å²) in [6.07, 6.45) is 1.68. The lowest BCUT2D eigenvalue weighted by Gasteiger charge is -2.10. The van der Waals surface area contributed by atoms with Crippen LogP contribution in [-0.2, 0) is 9.47 Å². The number of rotatable bonds is 2. The van der Waals surface area contributed by atoms with Crippen LogP contribution in [0.3, 0.4) is 0 Å². The van der Waals surface area contributed by atoms with Crippen molar-refractivity contribution in [3.05, 3.63) is 71.4 Å². The van der Waals surface area contributed by atoms with E-state index in [1.165, 1.54) is 0 Å². The summed E-state index contributed by atoms with van der Waals surface area (Å²) in [4.78, 5) is 3.44. The van der Waals surface area contributed by atoms with E-state index in [9.17, 15) is 0 Å². The Labute approximate surface area is 122 Å². The minimum absolute atomic E-state index is 0.355. The number of aromatic nitrogens is 1. The number of hydrogen-bond donors (Lipinski definition) is 1. The molecule has 1 aliphatic heterocycles. The maximum atomic E-state index is 5.94. The second-order valence-corrected chi connectivity index (χ2v) is 5.06. The maximum Gasteiger partial charge on any atom is 0.229 e. The van der Waals surface area contributed by atoms with Gasteiger partial charge in [0.25, 0.3) is 0 Å². The van der Waals surface area contributed by atoms with Gasteiger partial charge in [0.1, 0.15) is 5.76 Å². The van der Waals surface area contributed by atoms with Gasteiger partial charge in [0.15, 0.2) is 0 Å². The number of para-hydroxylation sites is 1. The van der Waals surface area contributed by atoms with E-state index in [1.54, 1.807) is 7.11 Å². The standard InChI is InChI=1S/C18H15NO2/c1-20-18-16-13-9-5-6-10-14(13)19-17(16)15(21-18)11-12-7-3-2-4-8-12/h2-11,18-19H,1H3/b15-11-. The molecule has 2 heterocycles. The summed E-state index contributed by atoms with van der Waals surface area (Å²) in [6, 6.07) is 18.4. The molecular weight excluding hydrogens is 262 g/mol. The van der Waals surface area contributed by atoms with Gasteiger partial charge in [-0.2, -0.15) is 0 Å². The molecule has 0 saturated carbocycles. The monoisotopic (exact) mass is 277 g/mol. The largest absolute Gasteiger partial charge is 0.458 e. The van der Waals surface area contributed by atoms with Crippen LogP contribution < -0.4 is 0 Å². The van der Waals surface area contributed by atoms with Gasteiger partial charge in [0.2, 0.25) is 6.29 Å². The average molecular weight is 277 g/mol. The van der Waals surface area contributed by atoms with E-state index in [-0.39, 0.29) is 6.29 Å². The summed E-state index contributed by atoms with van der Waals surface area (Å²) in [5.74, 6) is 0.819. The van der Waals surface area contributed by atoms with Crippen LogP contribution in [0.5, 0.6) is 0 Å². The first-order valence-corrected chi connectivity index (χ1v) is 6.94. The molecule has 0 radical (unpaired) electrons. The molecule has 2 aromatic carbocycles. The summed E-state index contributed by atoms with van der Waals surface area (Å²) in [5.41, 5.74) is 4.29. The molecule has 1 atom stereocenters. The highest BCUT2D eigenvalue weighted by Gasteiger charge is 2.32. The molecule has 1 N–H and O–H groups in total. The molecule has 1 unspecified atom stereocenters. The van der Waals surface area contributed by atoms with Crippen molar-refractivity contribution in [3.8, 4) is 0 Å². The van der Waals surface area contributed by atoms with E-state index in [0.717, 1.165) is 33.5 Å². The molecule has 21 heavy (non-hydrogen) atoms. The Hall–Kier alpha value is -2.52. The molecule has 104 valence electrons. The van der Waals surface area contributed by atoms with Gasteiger partial charge in [-0.3, -0.25) is 0 Å². The van der Waals surface area contributed by atoms with E-state index in [0.29, 0.717) is 0 Å². The van der Waals surface area contributed by atoms with Crippen molar-refractivity contribution < 1.29 is 9.47 Å². The number of fused-ring (bicyclic) bond motifs is 3. The molecular formula is C18H15NO2.